The average molecular weight is 137 g/mol. The van der Waals surface area contributed by atoms with Crippen LogP contribution in [0.5, 0.6) is 0 Å². The fraction of sp³-hybridized carbons (Fsp3) is 0.250. The van der Waals surface area contributed by atoms with Crippen LogP contribution in [0.4, 0.5) is 0 Å². The quantitative estimate of drug-likeness (QED) is 0.535. The third-order valence-corrected chi connectivity index (χ3v) is 1.18. The molecule has 0 N–H and O–H groups in total. The summed E-state index contributed by atoms with van der Waals surface area (Å²) in [6, 6.07) is 0. The summed E-state index contributed by atoms with van der Waals surface area (Å²) in [5, 5.41) is 1.81. The lowest BCUT2D eigenvalue weighted by Crippen LogP contribution is -2.21. The minimum atomic E-state index is 0.759. The van der Waals surface area contributed by atoms with Crippen molar-refractivity contribution in [3.63, 3.8) is 0 Å². The molecule has 0 radical (unpaired) electrons. The third-order valence-electron chi connectivity index (χ3n) is 1.18. The van der Waals surface area contributed by atoms with Gasteiger partial charge in [-0.1, -0.05) is 18.2 Å². The Bertz CT molecular complexity index is 147. The summed E-state index contributed by atoms with van der Waals surface area (Å²) >= 11 is 0. The first-order chi connectivity index (χ1) is 4.93. The molecule has 2 heteroatoms. The highest BCUT2D eigenvalue weighted by molar-refractivity contribution is 5.02. The van der Waals surface area contributed by atoms with Crippen molar-refractivity contribution in [2.24, 2.45) is 0 Å². The smallest absolute Gasteiger partial charge is 0.111 e. The number of rotatable bonds is 2. The second-order valence-electron chi connectivity index (χ2n) is 2.00. The molecular formula is C8H11NO. The van der Waals surface area contributed by atoms with Gasteiger partial charge in [-0.2, -0.15) is 0 Å². The summed E-state index contributed by atoms with van der Waals surface area (Å²) in [5.41, 5.74) is 0. The van der Waals surface area contributed by atoms with E-state index >= 15 is 0 Å². The van der Waals surface area contributed by atoms with Gasteiger partial charge >= 0.3 is 0 Å². The maximum Gasteiger partial charge on any atom is 0.111 e. The predicted octanol–water partition coefficient (Wildman–Crippen LogP) is 1.49. The molecule has 1 heterocycles. The maximum atomic E-state index is 5.16. The first-order valence-electron chi connectivity index (χ1n) is 3.28. The van der Waals surface area contributed by atoms with E-state index in [9.17, 15) is 0 Å². The van der Waals surface area contributed by atoms with Crippen molar-refractivity contribution >= 4 is 0 Å². The number of hydroxylamine groups is 2. The molecule has 0 amide bonds. The molecule has 0 aromatic carbocycles. The Labute approximate surface area is 61.0 Å². The zero-order chi connectivity index (χ0) is 7.23. The van der Waals surface area contributed by atoms with Crippen LogP contribution in [0.2, 0.25) is 0 Å². The van der Waals surface area contributed by atoms with Crippen LogP contribution in [0.25, 0.3) is 0 Å². The zero-order valence-electron chi connectivity index (χ0n) is 5.86. The molecule has 0 bridgehead atoms. The average Bonchev–Trinajstić information content (AvgIpc) is 2.17. The minimum Gasteiger partial charge on any atom is -0.413 e. The van der Waals surface area contributed by atoms with Crippen LogP contribution in [0.3, 0.4) is 0 Å². The van der Waals surface area contributed by atoms with Gasteiger partial charge < -0.3 is 4.84 Å². The Morgan fingerprint density at radius 3 is 3.30 bits per heavy atom. The van der Waals surface area contributed by atoms with Crippen LogP contribution in [0, 0.1) is 0 Å². The van der Waals surface area contributed by atoms with Gasteiger partial charge in [-0.15, -0.1) is 11.6 Å². The number of nitrogens with zero attached hydrogens (tertiary/aromatic N) is 1. The highest BCUT2D eigenvalue weighted by atomic mass is 16.7. The summed E-state index contributed by atoms with van der Waals surface area (Å²) in [6.45, 7) is 5.19. The molecule has 0 spiro atoms. The van der Waals surface area contributed by atoms with Crippen molar-refractivity contribution in [2.75, 3.05) is 13.1 Å². The highest BCUT2D eigenvalue weighted by Crippen LogP contribution is 1.96. The van der Waals surface area contributed by atoms with Crippen molar-refractivity contribution in [2.45, 2.75) is 0 Å². The van der Waals surface area contributed by atoms with Crippen molar-refractivity contribution in [1.82, 2.24) is 5.06 Å². The molecule has 1 aliphatic rings. The van der Waals surface area contributed by atoms with Crippen molar-refractivity contribution in [1.29, 1.82) is 0 Å². The molecule has 1 aliphatic heterocycles. The predicted molar refractivity (Wildman–Crippen MR) is 41.1 cm³/mol. The van der Waals surface area contributed by atoms with Crippen LogP contribution in [-0.4, -0.2) is 18.2 Å². The Morgan fingerprint density at radius 2 is 2.50 bits per heavy atom. The first-order valence-corrected chi connectivity index (χ1v) is 3.28. The van der Waals surface area contributed by atoms with Gasteiger partial charge in [0.1, 0.15) is 6.26 Å². The van der Waals surface area contributed by atoms with Gasteiger partial charge in [0.2, 0.25) is 0 Å². The molecule has 0 aromatic heterocycles. The van der Waals surface area contributed by atoms with E-state index in [1.165, 1.54) is 0 Å². The Hall–Kier alpha value is -1.02. The van der Waals surface area contributed by atoms with Crippen molar-refractivity contribution in [3.05, 3.63) is 37.1 Å². The Morgan fingerprint density at radius 1 is 1.60 bits per heavy atom. The van der Waals surface area contributed by atoms with Gasteiger partial charge in [0.15, 0.2) is 0 Å². The lowest BCUT2D eigenvalue weighted by atomic mass is 10.5. The Balaban J connectivity index is 2.39. The molecule has 54 valence electrons. The van der Waals surface area contributed by atoms with E-state index in [4.69, 9.17) is 4.84 Å². The van der Waals surface area contributed by atoms with E-state index in [0.717, 1.165) is 13.1 Å². The number of allylic oxidation sites excluding steroid dienone is 2. The van der Waals surface area contributed by atoms with Gasteiger partial charge in [-0.25, -0.2) is 0 Å². The van der Waals surface area contributed by atoms with Crippen molar-refractivity contribution in [3.8, 4) is 0 Å². The molecule has 0 saturated heterocycles. The second kappa shape index (κ2) is 3.90. The molecule has 0 aromatic rings. The largest absolute Gasteiger partial charge is 0.413 e. The summed E-state index contributed by atoms with van der Waals surface area (Å²) in [7, 11) is 0. The fourth-order valence-electron chi connectivity index (χ4n) is 0.728. The number of hydrogen-bond donors (Lipinski definition) is 0. The first kappa shape index (κ1) is 7.09. The van der Waals surface area contributed by atoms with E-state index in [1.807, 2.05) is 29.4 Å². The summed E-state index contributed by atoms with van der Waals surface area (Å²) < 4.78 is 0. The second-order valence-corrected chi connectivity index (χ2v) is 2.00. The summed E-state index contributed by atoms with van der Waals surface area (Å²) in [6.07, 6.45) is 9.33. The molecule has 1 rings (SSSR count). The molecule has 0 saturated carbocycles. The lowest BCUT2D eigenvalue weighted by molar-refractivity contribution is -0.0820. The van der Waals surface area contributed by atoms with Gasteiger partial charge in [-0.3, -0.25) is 0 Å². The molecule has 10 heavy (non-hydrogen) atoms. The highest BCUT2D eigenvalue weighted by Gasteiger charge is 1.98. The normalized spacial score (nSPS) is 18.0. The van der Waals surface area contributed by atoms with Gasteiger partial charge in [-0.05, 0) is 6.08 Å². The molecular weight excluding hydrogens is 126 g/mol. The maximum absolute atomic E-state index is 5.16. The summed E-state index contributed by atoms with van der Waals surface area (Å²) in [4.78, 5) is 5.16. The van der Waals surface area contributed by atoms with Crippen LogP contribution in [-0.2, 0) is 4.84 Å². The van der Waals surface area contributed by atoms with Crippen LogP contribution in [0.15, 0.2) is 37.1 Å². The summed E-state index contributed by atoms with van der Waals surface area (Å²) in [5.74, 6) is 0. The molecule has 0 unspecified atom stereocenters. The van der Waals surface area contributed by atoms with E-state index in [1.54, 1.807) is 6.26 Å². The van der Waals surface area contributed by atoms with E-state index in [2.05, 4.69) is 6.58 Å². The fourth-order valence-corrected chi connectivity index (χ4v) is 0.728. The van der Waals surface area contributed by atoms with Crippen molar-refractivity contribution < 1.29 is 4.84 Å². The topological polar surface area (TPSA) is 12.5 Å². The molecule has 0 aliphatic carbocycles. The van der Waals surface area contributed by atoms with Crippen LogP contribution in [0.1, 0.15) is 0 Å². The van der Waals surface area contributed by atoms with Crippen LogP contribution < -0.4 is 0 Å². The Kier molecular flexibility index (Phi) is 2.77. The van der Waals surface area contributed by atoms with E-state index < -0.39 is 0 Å². The zero-order valence-corrected chi connectivity index (χ0v) is 5.86. The van der Waals surface area contributed by atoms with Crippen LogP contribution >= 0.6 is 0 Å². The van der Waals surface area contributed by atoms with Gasteiger partial charge in [0, 0.05) is 0 Å². The monoisotopic (exact) mass is 137 g/mol. The lowest BCUT2D eigenvalue weighted by Gasteiger charge is -2.14. The molecule has 0 fully saturated rings. The minimum absolute atomic E-state index is 0.759. The SMILES string of the molecule is C=CCN1CC=CC=CO1. The number of hydrogen-bond acceptors (Lipinski definition) is 2. The molecule has 0 atom stereocenters. The molecule has 2 nitrogen and oxygen atoms in total. The van der Waals surface area contributed by atoms with E-state index in [0.29, 0.717) is 0 Å². The van der Waals surface area contributed by atoms with E-state index in [-0.39, 0.29) is 0 Å². The van der Waals surface area contributed by atoms with Gasteiger partial charge in [0.25, 0.3) is 0 Å². The van der Waals surface area contributed by atoms with Gasteiger partial charge in [0.05, 0.1) is 13.1 Å². The third kappa shape index (κ3) is 2.07. The standard InChI is InChI=1S/C8H11NO/c1-2-6-9-7-4-3-5-8-10-9/h2-5,8H,1,6-7H2.